The highest BCUT2D eigenvalue weighted by Gasteiger charge is 2.02. The molecular formula is C14H21N5. The maximum Gasteiger partial charge on any atom is 0.0541 e. The van der Waals surface area contributed by atoms with Crippen molar-refractivity contribution in [2.24, 2.45) is 7.05 Å². The summed E-state index contributed by atoms with van der Waals surface area (Å²) in [7, 11) is 4.06. The third-order valence-corrected chi connectivity index (χ3v) is 2.91. The number of likely N-dealkylation sites (N-methyl/N-ethyl adjacent to an activating group) is 1. The van der Waals surface area contributed by atoms with Crippen molar-refractivity contribution in [3.63, 3.8) is 0 Å². The minimum atomic E-state index is 0.821. The van der Waals surface area contributed by atoms with Crippen LogP contribution in [0.25, 0.3) is 0 Å². The average Bonchev–Trinajstić information content (AvgIpc) is 2.81. The standard InChI is InChI=1S/C14H21N5/c1-18(11-13-9-17-19(2)12-13)8-7-15-10-14-5-3-4-6-16-14/h3-6,9,12,15H,7-8,10-11H2,1-2H3. The molecule has 102 valence electrons. The summed E-state index contributed by atoms with van der Waals surface area (Å²) in [5.41, 5.74) is 2.33. The molecule has 0 bridgehead atoms. The molecule has 0 aliphatic heterocycles. The van der Waals surface area contributed by atoms with Gasteiger partial charge in [-0.05, 0) is 19.2 Å². The van der Waals surface area contributed by atoms with E-state index in [1.165, 1.54) is 5.56 Å². The molecule has 0 aliphatic carbocycles. The van der Waals surface area contributed by atoms with E-state index in [0.717, 1.165) is 31.9 Å². The molecule has 1 N–H and O–H groups in total. The van der Waals surface area contributed by atoms with Gasteiger partial charge >= 0.3 is 0 Å². The Hall–Kier alpha value is -1.72. The van der Waals surface area contributed by atoms with Crippen LogP contribution in [0.2, 0.25) is 0 Å². The van der Waals surface area contributed by atoms with Crippen LogP contribution in [-0.4, -0.2) is 39.8 Å². The highest BCUT2D eigenvalue weighted by Crippen LogP contribution is 2.00. The van der Waals surface area contributed by atoms with E-state index in [1.807, 2.05) is 42.3 Å². The summed E-state index contributed by atoms with van der Waals surface area (Å²) in [4.78, 5) is 6.56. The normalized spacial score (nSPS) is 11.1. The average molecular weight is 259 g/mol. The van der Waals surface area contributed by atoms with Crippen LogP contribution in [-0.2, 0) is 20.1 Å². The zero-order chi connectivity index (χ0) is 13.5. The fraction of sp³-hybridized carbons (Fsp3) is 0.429. The first kappa shape index (κ1) is 13.7. The van der Waals surface area contributed by atoms with Crippen molar-refractivity contribution in [1.29, 1.82) is 0 Å². The Labute approximate surface area is 114 Å². The van der Waals surface area contributed by atoms with Crippen molar-refractivity contribution in [1.82, 2.24) is 25.0 Å². The highest BCUT2D eigenvalue weighted by molar-refractivity contribution is 5.03. The predicted molar refractivity (Wildman–Crippen MR) is 75.5 cm³/mol. The lowest BCUT2D eigenvalue weighted by atomic mass is 10.3. The number of pyridine rings is 1. The molecule has 0 unspecified atom stereocenters. The minimum absolute atomic E-state index is 0.821. The lowest BCUT2D eigenvalue weighted by Gasteiger charge is -2.15. The van der Waals surface area contributed by atoms with E-state index < -0.39 is 0 Å². The molecule has 0 saturated carbocycles. The summed E-state index contributed by atoms with van der Waals surface area (Å²) >= 11 is 0. The van der Waals surface area contributed by atoms with Gasteiger partial charge in [-0.1, -0.05) is 6.07 Å². The zero-order valence-corrected chi connectivity index (χ0v) is 11.6. The topological polar surface area (TPSA) is 46.0 Å². The third kappa shape index (κ3) is 4.81. The molecule has 0 saturated heterocycles. The molecule has 5 nitrogen and oxygen atoms in total. The van der Waals surface area contributed by atoms with Crippen molar-refractivity contribution in [2.45, 2.75) is 13.1 Å². The fourth-order valence-electron chi connectivity index (χ4n) is 1.93. The molecule has 19 heavy (non-hydrogen) atoms. The van der Waals surface area contributed by atoms with Crippen LogP contribution < -0.4 is 5.32 Å². The molecule has 0 amide bonds. The van der Waals surface area contributed by atoms with Crippen molar-refractivity contribution in [3.8, 4) is 0 Å². The number of nitrogens with one attached hydrogen (secondary N) is 1. The molecule has 5 heteroatoms. The summed E-state index contributed by atoms with van der Waals surface area (Å²) < 4.78 is 1.84. The maximum absolute atomic E-state index is 4.28. The summed E-state index contributed by atoms with van der Waals surface area (Å²) in [6.45, 7) is 3.70. The van der Waals surface area contributed by atoms with Crippen LogP contribution >= 0.6 is 0 Å². The van der Waals surface area contributed by atoms with Gasteiger partial charge in [0.25, 0.3) is 0 Å². The van der Waals surface area contributed by atoms with Crippen LogP contribution in [0.15, 0.2) is 36.8 Å². The highest BCUT2D eigenvalue weighted by atomic mass is 15.2. The number of hydrogen-bond acceptors (Lipinski definition) is 4. The molecule has 0 aromatic carbocycles. The Balaban J connectivity index is 1.63. The maximum atomic E-state index is 4.28. The molecule has 0 spiro atoms. The van der Waals surface area contributed by atoms with Crippen LogP contribution in [0.4, 0.5) is 0 Å². The smallest absolute Gasteiger partial charge is 0.0541 e. The summed E-state index contributed by atoms with van der Waals surface area (Å²) in [6.07, 6.45) is 5.79. The number of rotatable bonds is 7. The van der Waals surface area contributed by atoms with E-state index in [2.05, 4.69) is 33.5 Å². The monoisotopic (exact) mass is 259 g/mol. The molecule has 2 aromatic rings. The van der Waals surface area contributed by atoms with Crippen LogP contribution in [0.1, 0.15) is 11.3 Å². The molecule has 0 aliphatic rings. The van der Waals surface area contributed by atoms with Crippen LogP contribution in [0, 0.1) is 0 Å². The Bertz CT molecular complexity index is 480. The second kappa shape index (κ2) is 7.01. The zero-order valence-electron chi connectivity index (χ0n) is 11.6. The van der Waals surface area contributed by atoms with Gasteiger partial charge in [0.15, 0.2) is 0 Å². The van der Waals surface area contributed by atoms with E-state index in [0.29, 0.717) is 0 Å². The van der Waals surface area contributed by atoms with Gasteiger partial charge in [-0.15, -0.1) is 0 Å². The second-order valence-corrected chi connectivity index (χ2v) is 4.76. The van der Waals surface area contributed by atoms with E-state index in [4.69, 9.17) is 0 Å². The fourth-order valence-corrected chi connectivity index (χ4v) is 1.93. The van der Waals surface area contributed by atoms with Gasteiger partial charge in [-0.3, -0.25) is 9.67 Å². The number of hydrogen-bond donors (Lipinski definition) is 1. The van der Waals surface area contributed by atoms with Gasteiger partial charge < -0.3 is 10.2 Å². The van der Waals surface area contributed by atoms with Crippen molar-refractivity contribution in [2.75, 3.05) is 20.1 Å². The number of nitrogens with zero attached hydrogens (tertiary/aromatic N) is 4. The first-order valence-corrected chi connectivity index (χ1v) is 6.51. The minimum Gasteiger partial charge on any atom is -0.310 e. The first-order valence-electron chi connectivity index (χ1n) is 6.51. The van der Waals surface area contributed by atoms with E-state index in [9.17, 15) is 0 Å². The molecule has 2 rings (SSSR count). The van der Waals surface area contributed by atoms with Crippen LogP contribution in [0.5, 0.6) is 0 Å². The van der Waals surface area contributed by atoms with Gasteiger partial charge in [-0.25, -0.2) is 0 Å². The molecule has 2 aromatic heterocycles. The van der Waals surface area contributed by atoms with Gasteiger partial charge in [0.1, 0.15) is 0 Å². The Morgan fingerprint density at radius 1 is 1.37 bits per heavy atom. The quantitative estimate of drug-likeness (QED) is 0.755. The molecule has 2 heterocycles. The Morgan fingerprint density at radius 3 is 2.95 bits per heavy atom. The van der Waals surface area contributed by atoms with Crippen LogP contribution in [0.3, 0.4) is 0 Å². The van der Waals surface area contributed by atoms with Crippen molar-refractivity contribution in [3.05, 3.63) is 48.0 Å². The van der Waals surface area contributed by atoms with Gasteiger partial charge in [-0.2, -0.15) is 5.10 Å². The Morgan fingerprint density at radius 2 is 2.26 bits per heavy atom. The van der Waals surface area contributed by atoms with Gasteiger partial charge in [0.05, 0.1) is 11.9 Å². The molecular weight excluding hydrogens is 238 g/mol. The lowest BCUT2D eigenvalue weighted by Crippen LogP contribution is -2.28. The number of aromatic nitrogens is 3. The van der Waals surface area contributed by atoms with E-state index >= 15 is 0 Å². The molecule has 0 radical (unpaired) electrons. The van der Waals surface area contributed by atoms with E-state index in [1.54, 1.807) is 0 Å². The summed E-state index contributed by atoms with van der Waals surface area (Å²) in [5.74, 6) is 0. The van der Waals surface area contributed by atoms with Crippen molar-refractivity contribution < 1.29 is 0 Å². The largest absolute Gasteiger partial charge is 0.310 e. The van der Waals surface area contributed by atoms with Crippen molar-refractivity contribution >= 4 is 0 Å². The molecule has 0 atom stereocenters. The van der Waals surface area contributed by atoms with Gasteiger partial charge in [0, 0.05) is 51.2 Å². The lowest BCUT2D eigenvalue weighted by molar-refractivity contribution is 0.324. The first-order chi connectivity index (χ1) is 9.24. The summed E-state index contributed by atoms with van der Waals surface area (Å²) in [5, 5.41) is 7.57. The molecule has 0 fully saturated rings. The third-order valence-electron chi connectivity index (χ3n) is 2.91. The summed E-state index contributed by atoms with van der Waals surface area (Å²) in [6, 6.07) is 5.98. The Kier molecular flexibility index (Phi) is 5.06. The SMILES string of the molecule is CN(CCNCc1ccccn1)Cc1cnn(C)c1. The number of aryl methyl sites for hydroxylation is 1. The van der Waals surface area contributed by atoms with Gasteiger partial charge in [0.2, 0.25) is 0 Å². The second-order valence-electron chi connectivity index (χ2n) is 4.76. The van der Waals surface area contributed by atoms with E-state index in [-0.39, 0.29) is 0 Å². The predicted octanol–water partition coefficient (Wildman–Crippen LogP) is 1.04.